The fourth-order valence-corrected chi connectivity index (χ4v) is 2.10. The second-order valence-electron chi connectivity index (χ2n) is 4.68. The summed E-state index contributed by atoms with van der Waals surface area (Å²) in [5, 5.41) is 3.04. The van der Waals surface area contributed by atoms with Crippen LogP contribution in [0.3, 0.4) is 0 Å². The van der Waals surface area contributed by atoms with E-state index in [1.165, 1.54) is 0 Å². The van der Waals surface area contributed by atoms with Crippen LogP contribution in [-0.4, -0.2) is 59.0 Å². The van der Waals surface area contributed by atoms with Crippen molar-refractivity contribution in [3.05, 3.63) is 5.28 Å². The zero-order valence-electron chi connectivity index (χ0n) is 11.8. The highest BCUT2D eigenvalue weighted by atomic mass is 35.5. The molecule has 1 aliphatic heterocycles. The van der Waals surface area contributed by atoms with Crippen LogP contribution in [0.15, 0.2) is 0 Å². The zero-order valence-corrected chi connectivity index (χ0v) is 12.5. The van der Waals surface area contributed by atoms with Crippen LogP contribution in [0.5, 0.6) is 0 Å². The van der Waals surface area contributed by atoms with E-state index in [4.69, 9.17) is 11.6 Å². The van der Waals surface area contributed by atoms with Gasteiger partial charge >= 0.3 is 0 Å². The number of aromatic nitrogens is 3. The average Bonchev–Trinajstić information content (AvgIpc) is 2.97. The minimum Gasteiger partial charge on any atom is -0.345 e. The van der Waals surface area contributed by atoms with Gasteiger partial charge in [-0.3, -0.25) is 4.79 Å². The number of carbonyl (C=O) groups is 1. The van der Waals surface area contributed by atoms with Crippen molar-refractivity contribution in [2.24, 2.45) is 0 Å². The molecule has 1 aromatic heterocycles. The van der Waals surface area contributed by atoms with Crippen molar-refractivity contribution in [2.45, 2.75) is 19.8 Å². The maximum absolute atomic E-state index is 11.7. The van der Waals surface area contributed by atoms with E-state index in [1.54, 1.807) is 11.9 Å². The molecule has 1 saturated heterocycles. The van der Waals surface area contributed by atoms with Crippen LogP contribution < -0.4 is 10.2 Å². The van der Waals surface area contributed by atoms with Crippen LogP contribution in [0.2, 0.25) is 5.28 Å². The van der Waals surface area contributed by atoms with Crippen molar-refractivity contribution < 1.29 is 4.79 Å². The maximum atomic E-state index is 11.7. The number of amides is 1. The molecule has 0 aromatic carbocycles. The van der Waals surface area contributed by atoms with Gasteiger partial charge in [-0.25, -0.2) is 0 Å². The molecule has 0 unspecified atom stereocenters. The third kappa shape index (κ3) is 3.69. The largest absolute Gasteiger partial charge is 0.345 e. The quantitative estimate of drug-likeness (QED) is 0.875. The predicted molar refractivity (Wildman–Crippen MR) is 78.1 cm³/mol. The van der Waals surface area contributed by atoms with E-state index in [2.05, 4.69) is 25.2 Å². The maximum Gasteiger partial charge on any atom is 0.241 e. The van der Waals surface area contributed by atoms with Crippen LogP contribution in [0.1, 0.15) is 19.8 Å². The smallest absolute Gasteiger partial charge is 0.241 e. The minimum absolute atomic E-state index is 0.0215. The van der Waals surface area contributed by atoms with Gasteiger partial charge in [-0.1, -0.05) is 0 Å². The van der Waals surface area contributed by atoms with Gasteiger partial charge < -0.3 is 15.1 Å². The summed E-state index contributed by atoms with van der Waals surface area (Å²) in [6.45, 7) is 4.58. The Bertz CT molecular complexity index is 477. The second-order valence-corrected chi connectivity index (χ2v) is 5.02. The zero-order chi connectivity index (χ0) is 14.5. The molecule has 1 N–H and O–H groups in total. The lowest BCUT2D eigenvalue weighted by atomic mass is 10.4. The number of nitrogens with zero attached hydrogens (tertiary/aromatic N) is 5. The van der Waals surface area contributed by atoms with E-state index < -0.39 is 0 Å². The van der Waals surface area contributed by atoms with Crippen LogP contribution in [0.4, 0.5) is 11.9 Å². The molecule has 0 atom stereocenters. The van der Waals surface area contributed by atoms with E-state index in [-0.39, 0.29) is 17.7 Å². The molecule has 1 aliphatic rings. The summed E-state index contributed by atoms with van der Waals surface area (Å²) < 4.78 is 0. The van der Waals surface area contributed by atoms with E-state index in [1.807, 2.05) is 6.92 Å². The monoisotopic (exact) mass is 298 g/mol. The first-order chi connectivity index (χ1) is 9.60. The molecule has 1 fully saturated rings. The molecule has 0 saturated carbocycles. The fourth-order valence-electron chi connectivity index (χ4n) is 1.94. The van der Waals surface area contributed by atoms with Crippen LogP contribution in [0, 0.1) is 0 Å². The number of rotatable bonds is 5. The van der Waals surface area contributed by atoms with Crippen LogP contribution >= 0.6 is 11.6 Å². The van der Waals surface area contributed by atoms with Gasteiger partial charge in [-0.2, -0.15) is 15.0 Å². The number of likely N-dealkylation sites (N-methyl/N-ethyl adjacent to an activating group) is 1. The summed E-state index contributed by atoms with van der Waals surface area (Å²) in [4.78, 5) is 27.8. The first-order valence-electron chi connectivity index (χ1n) is 6.74. The second kappa shape index (κ2) is 6.69. The van der Waals surface area contributed by atoms with E-state index in [0.717, 1.165) is 25.9 Å². The van der Waals surface area contributed by atoms with Crippen molar-refractivity contribution in [3.63, 3.8) is 0 Å². The topological polar surface area (TPSA) is 74.2 Å². The van der Waals surface area contributed by atoms with Gasteiger partial charge in [0.2, 0.25) is 23.1 Å². The van der Waals surface area contributed by atoms with Crippen molar-refractivity contribution >= 4 is 29.4 Å². The lowest BCUT2D eigenvalue weighted by Crippen LogP contribution is -2.32. The molecule has 2 rings (SSSR count). The van der Waals surface area contributed by atoms with Crippen molar-refractivity contribution in [2.75, 3.05) is 43.4 Å². The van der Waals surface area contributed by atoms with Gasteiger partial charge in [-0.05, 0) is 31.4 Å². The first kappa shape index (κ1) is 14.8. The molecular weight excluding hydrogens is 280 g/mol. The predicted octanol–water partition coefficient (Wildman–Crippen LogP) is 1.02. The van der Waals surface area contributed by atoms with Crippen LogP contribution in [0.25, 0.3) is 0 Å². The molecule has 0 bridgehead atoms. The molecule has 8 heteroatoms. The molecule has 1 amide bonds. The third-order valence-corrected chi connectivity index (χ3v) is 3.45. The molecule has 0 aliphatic carbocycles. The van der Waals surface area contributed by atoms with Gasteiger partial charge in [0.15, 0.2) is 0 Å². The lowest BCUT2D eigenvalue weighted by molar-refractivity contribution is -0.127. The Morgan fingerprint density at radius 2 is 2.05 bits per heavy atom. The number of halogens is 1. The van der Waals surface area contributed by atoms with Gasteiger partial charge in [0.05, 0.1) is 6.54 Å². The molecule has 0 radical (unpaired) electrons. The minimum atomic E-state index is -0.0215. The number of hydrogen-bond donors (Lipinski definition) is 1. The Hall–Kier alpha value is -1.63. The SMILES string of the molecule is CCN(C)C(=O)CNc1nc(Cl)nc(N2CCCC2)n1. The Balaban J connectivity index is 2.02. The number of hydrogen-bond acceptors (Lipinski definition) is 6. The highest BCUT2D eigenvalue weighted by molar-refractivity contribution is 6.28. The molecule has 0 spiro atoms. The first-order valence-corrected chi connectivity index (χ1v) is 7.12. The molecule has 7 nitrogen and oxygen atoms in total. The molecule has 110 valence electrons. The summed E-state index contributed by atoms with van der Waals surface area (Å²) in [5.41, 5.74) is 0. The highest BCUT2D eigenvalue weighted by Gasteiger charge is 2.17. The van der Waals surface area contributed by atoms with Gasteiger partial charge in [0, 0.05) is 26.7 Å². The van der Waals surface area contributed by atoms with Gasteiger partial charge in [-0.15, -0.1) is 0 Å². The Labute approximate surface area is 123 Å². The van der Waals surface area contributed by atoms with Crippen molar-refractivity contribution in [3.8, 4) is 0 Å². The number of anilines is 2. The molecular formula is C12H19ClN6O. The van der Waals surface area contributed by atoms with E-state index in [9.17, 15) is 4.79 Å². The summed E-state index contributed by atoms with van der Waals surface area (Å²) in [6, 6.07) is 0. The Morgan fingerprint density at radius 1 is 1.35 bits per heavy atom. The fraction of sp³-hybridized carbons (Fsp3) is 0.667. The van der Waals surface area contributed by atoms with E-state index in [0.29, 0.717) is 18.4 Å². The summed E-state index contributed by atoms with van der Waals surface area (Å²) in [6.07, 6.45) is 2.26. The number of nitrogens with one attached hydrogen (secondary N) is 1. The summed E-state index contributed by atoms with van der Waals surface area (Å²) in [7, 11) is 1.75. The van der Waals surface area contributed by atoms with Crippen molar-refractivity contribution in [1.29, 1.82) is 0 Å². The van der Waals surface area contributed by atoms with Crippen molar-refractivity contribution in [1.82, 2.24) is 19.9 Å². The van der Waals surface area contributed by atoms with Gasteiger partial charge in [0.25, 0.3) is 0 Å². The normalized spacial score (nSPS) is 14.4. The average molecular weight is 299 g/mol. The number of carbonyl (C=O) groups excluding carboxylic acids is 1. The molecule has 2 heterocycles. The van der Waals surface area contributed by atoms with Gasteiger partial charge in [0.1, 0.15) is 0 Å². The highest BCUT2D eigenvalue weighted by Crippen LogP contribution is 2.18. The third-order valence-electron chi connectivity index (χ3n) is 3.28. The molecule has 20 heavy (non-hydrogen) atoms. The van der Waals surface area contributed by atoms with Crippen LogP contribution in [-0.2, 0) is 4.79 Å². The lowest BCUT2D eigenvalue weighted by Gasteiger charge is -2.17. The summed E-state index contributed by atoms with van der Waals surface area (Å²) >= 11 is 5.91. The standard InChI is InChI=1S/C12H19ClN6O/c1-3-18(2)9(20)8-14-11-15-10(13)16-12(17-11)19-6-4-5-7-19/h3-8H2,1-2H3,(H,14,15,16,17). The molecule has 1 aromatic rings. The Kier molecular flexibility index (Phi) is 4.94. The van der Waals surface area contributed by atoms with E-state index >= 15 is 0 Å². The Morgan fingerprint density at radius 3 is 2.70 bits per heavy atom. The summed E-state index contributed by atoms with van der Waals surface area (Å²) in [5.74, 6) is 0.887.